The third-order valence-corrected chi connectivity index (χ3v) is 9.80. The molecule has 0 amide bonds. The molecule has 0 aliphatic carbocycles. The average Bonchev–Trinajstić information content (AvgIpc) is 2.61. The first-order valence-electron chi connectivity index (χ1n) is 8.48. The number of ketones is 1. The van der Waals surface area contributed by atoms with Gasteiger partial charge in [-0.1, -0.05) is 29.3 Å². The third-order valence-electron chi connectivity index (χ3n) is 5.19. The second-order valence-corrected chi connectivity index (χ2v) is 12.8. The van der Waals surface area contributed by atoms with Crippen LogP contribution in [0.25, 0.3) is 0 Å². The highest BCUT2D eigenvalue weighted by molar-refractivity contribution is 7.93. The van der Waals surface area contributed by atoms with Crippen molar-refractivity contribution < 1.29 is 26.0 Å². The molecule has 7 nitrogen and oxygen atoms in total. The van der Waals surface area contributed by atoms with Crippen molar-refractivity contribution in [3.63, 3.8) is 0 Å². The van der Waals surface area contributed by atoms with Gasteiger partial charge in [-0.3, -0.25) is 9.10 Å². The summed E-state index contributed by atoms with van der Waals surface area (Å²) in [6, 6.07) is 3.50. The number of carbonyl (C=O) groups is 1. The fraction of sp³-hybridized carbons (Fsp3) is 0.333. The molecule has 2 aromatic rings. The SMILES string of the molecule is CN(c1c(Cl)ccc(C2C(=O)c3ncc(F)cc3C(C)(C)S2(=O)=O)c1Cl)S(C)(=O)=O. The molecule has 0 bridgehead atoms. The topological polar surface area (TPSA) is 101 Å². The molecule has 2 heterocycles. The summed E-state index contributed by atoms with van der Waals surface area (Å²) >= 11 is 12.5. The lowest BCUT2D eigenvalue weighted by molar-refractivity contribution is 0.0975. The molecular formula is C18H17Cl2FN2O5S2. The maximum atomic E-state index is 13.7. The first kappa shape index (κ1) is 22.9. The molecule has 162 valence electrons. The summed E-state index contributed by atoms with van der Waals surface area (Å²) in [6.45, 7) is 2.68. The maximum absolute atomic E-state index is 13.7. The van der Waals surface area contributed by atoms with Crippen LogP contribution in [0, 0.1) is 5.82 Å². The van der Waals surface area contributed by atoms with Gasteiger partial charge in [-0.05, 0) is 31.5 Å². The van der Waals surface area contributed by atoms with Crippen LogP contribution in [0.2, 0.25) is 10.0 Å². The van der Waals surface area contributed by atoms with Gasteiger partial charge in [0.05, 0.1) is 32.9 Å². The molecule has 1 aliphatic rings. The monoisotopic (exact) mass is 494 g/mol. The number of sulfone groups is 1. The Bertz CT molecular complexity index is 1290. The van der Waals surface area contributed by atoms with E-state index >= 15 is 0 Å². The highest BCUT2D eigenvalue weighted by Gasteiger charge is 2.54. The first-order valence-corrected chi connectivity index (χ1v) is 12.6. The number of anilines is 1. The van der Waals surface area contributed by atoms with Crippen LogP contribution in [-0.4, -0.2) is 40.9 Å². The fourth-order valence-electron chi connectivity index (χ4n) is 3.33. The number of sulfonamides is 1. The van der Waals surface area contributed by atoms with Crippen LogP contribution in [0.15, 0.2) is 24.4 Å². The van der Waals surface area contributed by atoms with E-state index < -0.39 is 41.5 Å². The second kappa shape index (κ2) is 7.15. The van der Waals surface area contributed by atoms with Crippen molar-refractivity contribution in [3.8, 4) is 0 Å². The van der Waals surface area contributed by atoms with Gasteiger partial charge >= 0.3 is 0 Å². The number of hydrogen-bond donors (Lipinski definition) is 0. The Morgan fingerprint density at radius 2 is 1.83 bits per heavy atom. The molecule has 3 rings (SSSR count). The largest absolute Gasteiger partial charge is 0.291 e. The van der Waals surface area contributed by atoms with Crippen LogP contribution >= 0.6 is 23.2 Å². The van der Waals surface area contributed by atoms with Gasteiger partial charge in [0.2, 0.25) is 15.8 Å². The van der Waals surface area contributed by atoms with Crippen LogP contribution in [0.4, 0.5) is 10.1 Å². The minimum atomic E-state index is -4.30. The lowest BCUT2D eigenvalue weighted by Crippen LogP contribution is -2.43. The second-order valence-electron chi connectivity index (χ2n) is 7.38. The summed E-state index contributed by atoms with van der Waals surface area (Å²) in [5, 5.41) is -2.11. The van der Waals surface area contributed by atoms with Crippen molar-refractivity contribution in [2.45, 2.75) is 23.8 Å². The first-order chi connectivity index (χ1) is 13.6. The zero-order valence-electron chi connectivity index (χ0n) is 16.3. The third kappa shape index (κ3) is 3.30. The average molecular weight is 495 g/mol. The van der Waals surface area contributed by atoms with Gasteiger partial charge in [-0.25, -0.2) is 26.2 Å². The lowest BCUT2D eigenvalue weighted by Gasteiger charge is -2.36. The van der Waals surface area contributed by atoms with E-state index in [1.807, 2.05) is 0 Å². The summed E-state index contributed by atoms with van der Waals surface area (Å²) in [5.74, 6) is -1.66. The van der Waals surface area contributed by atoms with Crippen molar-refractivity contribution >= 4 is 54.5 Å². The molecule has 1 unspecified atom stereocenters. The van der Waals surface area contributed by atoms with E-state index in [2.05, 4.69) is 4.98 Å². The van der Waals surface area contributed by atoms with Gasteiger partial charge < -0.3 is 0 Å². The van der Waals surface area contributed by atoms with Crippen molar-refractivity contribution in [1.29, 1.82) is 0 Å². The van der Waals surface area contributed by atoms with Crippen LogP contribution in [0.1, 0.15) is 40.7 Å². The van der Waals surface area contributed by atoms with Crippen LogP contribution < -0.4 is 4.31 Å². The molecule has 0 saturated heterocycles. The van der Waals surface area contributed by atoms with Gasteiger partial charge in [-0.2, -0.15) is 0 Å². The number of hydrogen-bond acceptors (Lipinski definition) is 6. The quantitative estimate of drug-likeness (QED) is 0.646. The number of pyridine rings is 1. The van der Waals surface area contributed by atoms with E-state index in [1.54, 1.807) is 0 Å². The van der Waals surface area contributed by atoms with E-state index in [0.29, 0.717) is 0 Å². The lowest BCUT2D eigenvalue weighted by atomic mass is 9.94. The van der Waals surface area contributed by atoms with Crippen molar-refractivity contribution in [2.24, 2.45) is 0 Å². The van der Waals surface area contributed by atoms with Crippen molar-refractivity contribution in [3.05, 3.63) is 57.1 Å². The smallest absolute Gasteiger partial charge is 0.232 e. The Labute approximate surface area is 183 Å². The minimum absolute atomic E-state index is 0.0443. The molecule has 0 radical (unpaired) electrons. The molecule has 0 fully saturated rings. The minimum Gasteiger partial charge on any atom is -0.291 e. The van der Waals surface area contributed by atoms with E-state index in [1.165, 1.54) is 33.0 Å². The predicted octanol–water partition coefficient (Wildman–Crippen LogP) is 3.51. The number of carbonyl (C=O) groups excluding carboxylic acids is 1. The van der Waals surface area contributed by atoms with Crippen LogP contribution in [0.3, 0.4) is 0 Å². The summed E-state index contributed by atoms with van der Waals surface area (Å²) in [4.78, 5) is 17.0. The Balaban J connectivity index is 2.34. The van der Waals surface area contributed by atoms with E-state index in [4.69, 9.17) is 23.2 Å². The summed E-state index contributed by atoms with van der Waals surface area (Å²) in [7, 11) is -6.89. The van der Waals surface area contributed by atoms with Crippen molar-refractivity contribution in [2.75, 3.05) is 17.6 Å². The van der Waals surface area contributed by atoms with E-state index in [0.717, 1.165) is 22.8 Å². The molecular weight excluding hydrogens is 478 g/mol. The van der Waals surface area contributed by atoms with Gasteiger partial charge in [0, 0.05) is 12.6 Å². The maximum Gasteiger partial charge on any atom is 0.232 e. The van der Waals surface area contributed by atoms with Gasteiger partial charge in [-0.15, -0.1) is 0 Å². The Morgan fingerprint density at radius 1 is 1.23 bits per heavy atom. The number of fused-ring (bicyclic) bond motifs is 1. The fourth-order valence-corrected chi connectivity index (χ4v) is 6.72. The molecule has 12 heteroatoms. The molecule has 0 spiro atoms. The van der Waals surface area contributed by atoms with E-state index in [-0.39, 0.29) is 32.6 Å². The predicted molar refractivity (Wildman–Crippen MR) is 113 cm³/mol. The number of benzene rings is 1. The molecule has 1 aromatic heterocycles. The molecule has 1 atom stereocenters. The highest BCUT2D eigenvalue weighted by atomic mass is 35.5. The molecule has 30 heavy (non-hydrogen) atoms. The zero-order valence-corrected chi connectivity index (χ0v) is 19.4. The number of Topliss-reactive ketones (excluding diaryl/α,β-unsaturated/α-hetero) is 1. The van der Waals surface area contributed by atoms with Crippen LogP contribution in [-0.2, 0) is 24.6 Å². The van der Waals surface area contributed by atoms with Gasteiger partial charge in [0.25, 0.3) is 0 Å². The van der Waals surface area contributed by atoms with E-state index in [9.17, 15) is 26.0 Å². The molecule has 0 saturated carbocycles. The van der Waals surface area contributed by atoms with Crippen LogP contribution in [0.5, 0.6) is 0 Å². The molecule has 0 N–H and O–H groups in total. The van der Waals surface area contributed by atoms with Gasteiger partial charge in [0.15, 0.2) is 15.1 Å². The number of nitrogens with zero attached hydrogens (tertiary/aromatic N) is 2. The van der Waals surface area contributed by atoms with Crippen molar-refractivity contribution in [1.82, 2.24) is 4.98 Å². The Kier molecular flexibility index (Phi) is 5.46. The zero-order chi connectivity index (χ0) is 22.8. The standard InChI is InChI=1S/C18H17Cl2FN2O5S2/c1-18(2)11-7-9(21)8-22-14(11)16(24)17(30(18,27)28)10-5-6-12(19)15(13(10)20)23(3)29(4,25)26/h5-8,17H,1-4H3. The highest BCUT2D eigenvalue weighted by Crippen LogP contribution is 2.49. The number of rotatable bonds is 3. The van der Waals surface area contributed by atoms with Gasteiger partial charge in [0.1, 0.15) is 11.5 Å². The molecule has 1 aromatic carbocycles. The normalized spacial score (nSPS) is 20.0. The summed E-state index contributed by atoms with van der Waals surface area (Å²) < 4.78 is 63.7. The number of halogens is 3. The molecule has 1 aliphatic heterocycles. The Hall–Kier alpha value is -1.75. The number of aromatic nitrogens is 1. The Morgan fingerprint density at radius 3 is 2.40 bits per heavy atom. The summed E-state index contributed by atoms with van der Waals surface area (Å²) in [5.41, 5.74) is -0.536. The summed E-state index contributed by atoms with van der Waals surface area (Å²) in [6.07, 6.45) is 1.75.